The van der Waals surface area contributed by atoms with Gasteiger partial charge in [-0.25, -0.2) is 0 Å². The van der Waals surface area contributed by atoms with Gasteiger partial charge in [-0.1, -0.05) is 28.1 Å². The van der Waals surface area contributed by atoms with Gasteiger partial charge in [-0.2, -0.15) is 0 Å². The second-order valence-corrected chi connectivity index (χ2v) is 5.54. The molecule has 1 heterocycles. The van der Waals surface area contributed by atoms with E-state index in [-0.39, 0.29) is 6.54 Å². The van der Waals surface area contributed by atoms with Crippen LogP contribution >= 0.6 is 15.9 Å². The lowest BCUT2D eigenvalue weighted by atomic mass is 10.2. The summed E-state index contributed by atoms with van der Waals surface area (Å²) in [5.41, 5.74) is 1.29. The molecule has 1 saturated heterocycles. The number of carbonyl (C=O) groups is 1. The van der Waals surface area contributed by atoms with Gasteiger partial charge in [0.25, 0.3) is 0 Å². The number of benzene rings is 1. The maximum absolute atomic E-state index is 10.5. The Kier molecular flexibility index (Phi) is 4.74. The van der Waals surface area contributed by atoms with Crippen molar-refractivity contribution in [1.82, 2.24) is 10.2 Å². The first kappa shape index (κ1) is 13.5. The summed E-state index contributed by atoms with van der Waals surface area (Å²) in [7, 11) is 0. The lowest BCUT2D eigenvalue weighted by Crippen LogP contribution is -2.35. The van der Waals surface area contributed by atoms with E-state index in [0.717, 1.165) is 30.5 Å². The van der Waals surface area contributed by atoms with E-state index in [4.69, 9.17) is 5.11 Å². The molecule has 1 unspecified atom stereocenters. The Bertz CT molecular complexity index is 408. The molecule has 0 saturated carbocycles. The van der Waals surface area contributed by atoms with Crippen molar-refractivity contribution in [2.45, 2.75) is 19.0 Å². The molecule has 0 spiro atoms. The average Bonchev–Trinajstić information content (AvgIpc) is 2.77. The minimum Gasteiger partial charge on any atom is -0.480 e. The third-order valence-electron chi connectivity index (χ3n) is 3.13. The smallest absolute Gasteiger partial charge is 0.317 e. The Hall–Kier alpha value is -0.910. The fourth-order valence-corrected chi connectivity index (χ4v) is 2.49. The van der Waals surface area contributed by atoms with E-state index >= 15 is 0 Å². The Morgan fingerprint density at radius 2 is 2.17 bits per heavy atom. The van der Waals surface area contributed by atoms with Crippen molar-refractivity contribution in [2.24, 2.45) is 0 Å². The summed E-state index contributed by atoms with van der Waals surface area (Å²) in [4.78, 5) is 12.8. The summed E-state index contributed by atoms with van der Waals surface area (Å²) in [5.74, 6) is -0.790. The molecule has 1 aliphatic rings. The number of likely N-dealkylation sites (tertiary alicyclic amines) is 1. The number of nitrogens with zero attached hydrogens (tertiary/aromatic N) is 1. The second kappa shape index (κ2) is 6.31. The van der Waals surface area contributed by atoms with Crippen molar-refractivity contribution in [3.05, 3.63) is 34.3 Å². The van der Waals surface area contributed by atoms with Crippen LogP contribution in [0.2, 0.25) is 0 Å². The van der Waals surface area contributed by atoms with Crippen LogP contribution in [0.1, 0.15) is 12.0 Å². The molecule has 2 N–H and O–H groups in total. The van der Waals surface area contributed by atoms with Crippen LogP contribution in [0, 0.1) is 0 Å². The Labute approximate surface area is 115 Å². The molecule has 1 aromatic rings. The third-order valence-corrected chi connectivity index (χ3v) is 3.66. The molecule has 1 atom stereocenters. The quantitative estimate of drug-likeness (QED) is 0.869. The molecular weight excluding hydrogens is 296 g/mol. The van der Waals surface area contributed by atoms with E-state index in [2.05, 4.69) is 38.3 Å². The normalized spacial score (nSPS) is 20.2. The zero-order chi connectivity index (χ0) is 13.0. The fourth-order valence-electron chi connectivity index (χ4n) is 2.22. The number of carboxylic acids is 1. The summed E-state index contributed by atoms with van der Waals surface area (Å²) in [6, 6.07) is 8.62. The molecule has 0 bridgehead atoms. The molecule has 1 aliphatic heterocycles. The number of carboxylic acid groups (broad SMARTS) is 1. The van der Waals surface area contributed by atoms with Crippen LogP contribution in [-0.4, -0.2) is 41.7 Å². The van der Waals surface area contributed by atoms with Crippen LogP contribution in [0.25, 0.3) is 0 Å². The molecule has 2 rings (SSSR count). The molecule has 0 amide bonds. The van der Waals surface area contributed by atoms with E-state index < -0.39 is 5.97 Å². The maximum Gasteiger partial charge on any atom is 0.317 e. The van der Waals surface area contributed by atoms with E-state index in [1.165, 1.54) is 5.56 Å². The van der Waals surface area contributed by atoms with Gasteiger partial charge in [0, 0.05) is 30.1 Å². The highest BCUT2D eigenvalue weighted by Gasteiger charge is 2.22. The van der Waals surface area contributed by atoms with Crippen molar-refractivity contribution in [3.63, 3.8) is 0 Å². The summed E-state index contributed by atoms with van der Waals surface area (Å²) in [6.45, 7) is 2.92. The fraction of sp³-hybridized carbons (Fsp3) is 0.462. The topological polar surface area (TPSA) is 52.6 Å². The molecule has 18 heavy (non-hydrogen) atoms. The van der Waals surface area contributed by atoms with Gasteiger partial charge in [-0.3, -0.25) is 9.69 Å². The highest BCUT2D eigenvalue weighted by molar-refractivity contribution is 9.10. The van der Waals surface area contributed by atoms with Crippen molar-refractivity contribution in [3.8, 4) is 0 Å². The first-order chi connectivity index (χ1) is 8.63. The van der Waals surface area contributed by atoms with Crippen molar-refractivity contribution >= 4 is 21.9 Å². The molecule has 4 nitrogen and oxygen atoms in total. The predicted molar refractivity (Wildman–Crippen MR) is 73.5 cm³/mol. The van der Waals surface area contributed by atoms with Gasteiger partial charge in [0.15, 0.2) is 0 Å². The van der Waals surface area contributed by atoms with Gasteiger partial charge in [-0.15, -0.1) is 0 Å². The SMILES string of the molecule is O=C(O)CNC1CCN(Cc2ccc(Br)cc2)C1. The van der Waals surface area contributed by atoms with Crippen molar-refractivity contribution < 1.29 is 9.90 Å². The monoisotopic (exact) mass is 312 g/mol. The van der Waals surface area contributed by atoms with Gasteiger partial charge in [-0.05, 0) is 24.1 Å². The third kappa shape index (κ3) is 4.08. The van der Waals surface area contributed by atoms with Crippen LogP contribution < -0.4 is 5.32 Å². The second-order valence-electron chi connectivity index (χ2n) is 4.62. The van der Waals surface area contributed by atoms with Crippen LogP contribution in [0.4, 0.5) is 0 Å². The van der Waals surface area contributed by atoms with Crippen LogP contribution in [0.5, 0.6) is 0 Å². The van der Waals surface area contributed by atoms with Crippen LogP contribution in [0.15, 0.2) is 28.7 Å². The summed E-state index contributed by atoms with van der Waals surface area (Å²) < 4.78 is 1.09. The minimum atomic E-state index is -0.790. The van der Waals surface area contributed by atoms with Crippen molar-refractivity contribution in [2.75, 3.05) is 19.6 Å². The standard InChI is InChI=1S/C13H17BrN2O2/c14-11-3-1-10(2-4-11)8-16-6-5-12(9-16)15-7-13(17)18/h1-4,12,15H,5-9H2,(H,17,18). The Balaban J connectivity index is 1.78. The number of hydrogen-bond donors (Lipinski definition) is 2. The summed E-state index contributed by atoms with van der Waals surface area (Å²) in [5, 5.41) is 11.7. The average molecular weight is 313 g/mol. The Morgan fingerprint density at radius 1 is 1.44 bits per heavy atom. The molecule has 98 valence electrons. The van der Waals surface area contributed by atoms with Gasteiger partial charge >= 0.3 is 5.97 Å². The lowest BCUT2D eigenvalue weighted by molar-refractivity contribution is -0.136. The number of nitrogens with one attached hydrogen (secondary N) is 1. The van der Waals surface area contributed by atoms with Crippen molar-refractivity contribution in [1.29, 1.82) is 0 Å². The van der Waals surface area contributed by atoms with Gasteiger partial charge in [0.05, 0.1) is 6.54 Å². The van der Waals surface area contributed by atoms with E-state index in [9.17, 15) is 4.79 Å². The zero-order valence-electron chi connectivity index (χ0n) is 10.1. The summed E-state index contributed by atoms with van der Waals surface area (Å²) in [6.07, 6.45) is 1.02. The first-order valence-corrected chi connectivity index (χ1v) is 6.85. The van der Waals surface area contributed by atoms with Crippen LogP contribution in [0.3, 0.4) is 0 Å². The largest absolute Gasteiger partial charge is 0.480 e. The van der Waals surface area contributed by atoms with E-state index in [1.54, 1.807) is 0 Å². The first-order valence-electron chi connectivity index (χ1n) is 6.05. The maximum atomic E-state index is 10.5. The molecule has 0 aromatic heterocycles. The lowest BCUT2D eigenvalue weighted by Gasteiger charge is -2.16. The molecule has 0 aliphatic carbocycles. The predicted octanol–water partition coefficient (Wildman–Crippen LogP) is 1.70. The summed E-state index contributed by atoms with van der Waals surface area (Å²) >= 11 is 3.42. The highest BCUT2D eigenvalue weighted by atomic mass is 79.9. The van der Waals surface area contributed by atoms with Crippen LogP contribution in [-0.2, 0) is 11.3 Å². The van der Waals surface area contributed by atoms with E-state index in [1.807, 2.05) is 12.1 Å². The minimum absolute atomic E-state index is 0.0524. The number of rotatable bonds is 5. The molecular formula is C13H17BrN2O2. The number of hydrogen-bond acceptors (Lipinski definition) is 3. The molecule has 1 fully saturated rings. The molecule has 5 heteroatoms. The zero-order valence-corrected chi connectivity index (χ0v) is 11.7. The molecule has 0 radical (unpaired) electrons. The van der Waals surface area contributed by atoms with Gasteiger partial charge < -0.3 is 10.4 Å². The Morgan fingerprint density at radius 3 is 2.83 bits per heavy atom. The molecule has 1 aromatic carbocycles. The van der Waals surface area contributed by atoms with Gasteiger partial charge in [0.1, 0.15) is 0 Å². The van der Waals surface area contributed by atoms with Gasteiger partial charge in [0.2, 0.25) is 0 Å². The van der Waals surface area contributed by atoms with E-state index in [0.29, 0.717) is 6.04 Å². The highest BCUT2D eigenvalue weighted by Crippen LogP contribution is 2.15. The number of halogens is 1. The number of aliphatic carboxylic acids is 1.